The monoisotopic (exact) mass is 804 g/mol. The standard InChI is InChI=1S/C9H10Br2O.C6H4Br2O.C3H7Br.CH2O3.2K.H/c1-6(2)12-9-4-7(10)3-8(11)5-9;7-4-1-5(8)3-6(9)2-4;1-3(2)4;2-1-4-3;;;/h3-6H,1-2H3;1-3,9H;3H,1-2H3;1,3H;;;/q;;;;2*+1;-1/p-1. The van der Waals surface area contributed by atoms with E-state index in [1.807, 2.05) is 38.1 Å². The van der Waals surface area contributed by atoms with E-state index in [9.17, 15) is 0 Å². The summed E-state index contributed by atoms with van der Waals surface area (Å²) in [6, 6.07) is 11.0. The van der Waals surface area contributed by atoms with Crippen molar-refractivity contribution in [2.45, 2.75) is 38.6 Å². The van der Waals surface area contributed by atoms with Crippen LogP contribution < -0.4 is 113 Å². The van der Waals surface area contributed by atoms with Crippen LogP contribution in [0.4, 0.5) is 0 Å². The second-order valence-corrected chi connectivity index (χ2v) is 11.1. The molecule has 1 N–H and O–H groups in total. The molecule has 0 aromatic heterocycles. The normalized spacial score (nSPS) is 8.65. The van der Waals surface area contributed by atoms with Crippen molar-refractivity contribution >= 4 is 86.1 Å². The van der Waals surface area contributed by atoms with Crippen LogP contribution in [0, 0.1) is 0 Å². The second-order valence-electron chi connectivity index (χ2n) is 5.61. The first kappa shape index (κ1) is 41.3. The first-order chi connectivity index (χ1) is 13.4. The Kier molecular flexibility index (Phi) is 34.9. The van der Waals surface area contributed by atoms with E-state index in [1.165, 1.54) is 0 Å². The average molecular weight is 809 g/mol. The van der Waals surface area contributed by atoms with E-state index >= 15 is 0 Å². The molecule has 0 saturated heterocycles. The molecular formula is C19H23Br5K2O5. The molecule has 12 heteroatoms. The Morgan fingerprint density at radius 2 is 1.16 bits per heavy atom. The number of benzene rings is 2. The van der Waals surface area contributed by atoms with Gasteiger partial charge in [-0.15, -0.1) is 0 Å². The van der Waals surface area contributed by atoms with E-state index in [-0.39, 0.29) is 123 Å². The largest absolute Gasteiger partial charge is 1.00 e. The van der Waals surface area contributed by atoms with Crippen molar-refractivity contribution in [3.05, 3.63) is 54.3 Å². The van der Waals surface area contributed by atoms with Gasteiger partial charge in [-0.05, 0) is 50.2 Å². The predicted octanol–water partition coefficient (Wildman–Crippen LogP) is 1.26. The number of rotatable bonds is 3. The Morgan fingerprint density at radius 3 is 1.39 bits per heavy atom. The van der Waals surface area contributed by atoms with Gasteiger partial charge in [0.15, 0.2) is 0 Å². The van der Waals surface area contributed by atoms with Crippen molar-refractivity contribution in [1.29, 1.82) is 0 Å². The van der Waals surface area contributed by atoms with Crippen LogP contribution in [0.1, 0.15) is 29.1 Å². The van der Waals surface area contributed by atoms with E-state index in [0.29, 0.717) is 4.83 Å². The number of hydrogen-bond acceptors (Lipinski definition) is 5. The minimum atomic E-state index is -0.181. The van der Waals surface area contributed by atoms with Crippen LogP contribution >= 0.6 is 79.6 Å². The van der Waals surface area contributed by atoms with Crippen LogP contribution in [-0.4, -0.2) is 22.5 Å². The number of phenolic OH excluding ortho intramolecular Hbond substituents is 1. The summed E-state index contributed by atoms with van der Waals surface area (Å²) in [5, 5.41) is 17.4. The van der Waals surface area contributed by atoms with E-state index in [1.54, 1.807) is 12.1 Å². The molecule has 0 aliphatic heterocycles. The summed E-state index contributed by atoms with van der Waals surface area (Å²) in [6.07, 6.45) is 0.214. The summed E-state index contributed by atoms with van der Waals surface area (Å²) in [5.74, 6) is 1.14. The summed E-state index contributed by atoms with van der Waals surface area (Å²) in [6.45, 7) is 8.00. The Balaban J connectivity index is -0.000000109. The van der Waals surface area contributed by atoms with E-state index in [0.717, 1.165) is 23.6 Å². The van der Waals surface area contributed by atoms with Crippen molar-refractivity contribution in [2.75, 3.05) is 0 Å². The molecule has 0 unspecified atom stereocenters. The van der Waals surface area contributed by atoms with Crippen LogP contribution in [0.5, 0.6) is 11.5 Å². The van der Waals surface area contributed by atoms with Crippen LogP contribution in [0.3, 0.4) is 0 Å². The fourth-order valence-corrected chi connectivity index (χ4v) is 3.93. The Hall–Kier alpha value is 3.14. The van der Waals surface area contributed by atoms with Gasteiger partial charge in [-0.25, -0.2) is 0 Å². The Morgan fingerprint density at radius 1 is 0.871 bits per heavy atom. The summed E-state index contributed by atoms with van der Waals surface area (Å²) >= 11 is 16.5. The minimum absolute atomic E-state index is 0. The summed E-state index contributed by atoms with van der Waals surface area (Å²) in [5.41, 5.74) is 0. The molecule has 2 rings (SSSR count). The second kappa shape index (κ2) is 26.2. The molecule has 0 amide bonds. The SMILES string of the molecule is CC(C)Br.CC(C)Oc1cc(Br)cc(Br)c1.O=CO[O-].Oc1cc(Br)cc(Br)c1.[H-].[K+].[K+]. The molecule has 0 radical (unpaired) electrons. The maximum atomic E-state index is 8.93. The van der Waals surface area contributed by atoms with Gasteiger partial charge >= 0.3 is 103 Å². The maximum absolute atomic E-state index is 8.93. The summed E-state index contributed by atoms with van der Waals surface area (Å²) in [7, 11) is 0. The van der Waals surface area contributed by atoms with E-state index in [2.05, 4.69) is 98.4 Å². The fraction of sp³-hybridized carbons (Fsp3) is 0.316. The zero-order valence-electron chi connectivity index (χ0n) is 19.2. The van der Waals surface area contributed by atoms with Gasteiger partial charge < -0.3 is 21.4 Å². The fourth-order valence-electron chi connectivity index (χ4n) is 1.41. The van der Waals surface area contributed by atoms with Gasteiger partial charge in [0.1, 0.15) is 11.5 Å². The average Bonchev–Trinajstić information content (AvgIpc) is 2.52. The molecule has 166 valence electrons. The number of carbonyl (C=O) groups is 1. The Bertz CT molecular complexity index is 655. The smallest absolute Gasteiger partial charge is 1.00 e. The number of phenols is 1. The molecule has 0 bridgehead atoms. The third-order valence-corrected chi connectivity index (χ3v) is 3.93. The topological polar surface area (TPSA) is 78.8 Å². The summed E-state index contributed by atoms with van der Waals surface area (Å²) < 4.78 is 9.30. The van der Waals surface area contributed by atoms with Gasteiger partial charge in [0.05, 0.1) is 6.10 Å². The van der Waals surface area contributed by atoms with Crippen LogP contribution in [0.15, 0.2) is 54.3 Å². The number of aromatic hydroxyl groups is 1. The molecule has 2 aromatic rings. The number of hydrogen-bond donors (Lipinski definition) is 1. The Labute approximate surface area is 313 Å². The summed E-state index contributed by atoms with van der Waals surface area (Å²) in [4.78, 5) is 11.9. The molecule has 2 aromatic carbocycles. The predicted molar refractivity (Wildman–Crippen MR) is 133 cm³/mol. The quantitative estimate of drug-likeness (QED) is 0.166. The molecule has 31 heavy (non-hydrogen) atoms. The number of halogens is 5. The molecule has 0 spiro atoms. The first-order valence-corrected chi connectivity index (χ1v) is 12.1. The molecule has 0 aliphatic rings. The van der Waals surface area contributed by atoms with Crippen molar-refractivity contribution in [1.82, 2.24) is 0 Å². The van der Waals surface area contributed by atoms with Crippen molar-refractivity contribution in [2.24, 2.45) is 0 Å². The first-order valence-electron chi connectivity index (χ1n) is 8.05. The molecule has 0 atom stereocenters. The molecule has 0 saturated carbocycles. The number of ether oxygens (including phenoxy) is 1. The molecule has 5 nitrogen and oxygen atoms in total. The third-order valence-electron chi connectivity index (χ3n) is 2.09. The van der Waals surface area contributed by atoms with Crippen LogP contribution in [-0.2, 0) is 9.68 Å². The van der Waals surface area contributed by atoms with Gasteiger partial charge in [-0.2, -0.15) is 0 Å². The zero-order chi connectivity index (χ0) is 23.0. The maximum Gasteiger partial charge on any atom is 1.00 e. The van der Waals surface area contributed by atoms with Crippen LogP contribution in [0.2, 0.25) is 0 Å². The number of carbonyl (C=O) groups excluding carboxylic acids is 1. The van der Waals surface area contributed by atoms with Crippen LogP contribution in [0.25, 0.3) is 0 Å². The van der Waals surface area contributed by atoms with E-state index < -0.39 is 0 Å². The molecule has 0 aliphatic carbocycles. The van der Waals surface area contributed by atoms with Crippen molar-refractivity contribution in [3.63, 3.8) is 0 Å². The van der Waals surface area contributed by atoms with Gasteiger partial charge in [0.25, 0.3) is 6.47 Å². The van der Waals surface area contributed by atoms with Gasteiger partial charge in [0.2, 0.25) is 0 Å². The van der Waals surface area contributed by atoms with Crippen molar-refractivity contribution < 1.29 is 129 Å². The third kappa shape index (κ3) is 31.1. The molecular weight excluding hydrogens is 786 g/mol. The molecule has 0 heterocycles. The van der Waals surface area contributed by atoms with Crippen molar-refractivity contribution in [3.8, 4) is 11.5 Å². The van der Waals surface area contributed by atoms with Gasteiger partial charge in [0, 0.05) is 22.7 Å². The molecule has 0 fully saturated rings. The minimum Gasteiger partial charge on any atom is -1.00 e. The van der Waals surface area contributed by atoms with Gasteiger partial charge in [-0.1, -0.05) is 93.5 Å². The van der Waals surface area contributed by atoms with E-state index in [4.69, 9.17) is 19.9 Å². The zero-order valence-corrected chi connectivity index (χ0v) is 32.3. The van der Waals surface area contributed by atoms with Gasteiger partial charge in [-0.3, -0.25) is 4.79 Å². The number of alkyl halides is 1.